The van der Waals surface area contributed by atoms with E-state index in [1.165, 1.54) is 94.6 Å². The van der Waals surface area contributed by atoms with Crippen molar-refractivity contribution in [1.82, 2.24) is 0 Å². The molecule has 0 aliphatic heterocycles. The first-order valence-electron chi connectivity index (χ1n) is 20.4. The fourth-order valence-corrected chi connectivity index (χ4v) is 8.66. The van der Waals surface area contributed by atoms with Crippen LogP contribution in [0.5, 0.6) is 0 Å². The van der Waals surface area contributed by atoms with E-state index in [1.54, 1.807) is 5.57 Å². The highest BCUT2D eigenvalue weighted by molar-refractivity contribution is 5.69. The van der Waals surface area contributed by atoms with Crippen molar-refractivity contribution in [3.05, 3.63) is 71.9 Å². The minimum atomic E-state index is -0.0121. The van der Waals surface area contributed by atoms with Crippen molar-refractivity contribution in [3.63, 3.8) is 0 Å². The summed E-state index contributed by atoms with van der Waals surface area (Å²) in [4.78, 5) is 12.7. The molecule has 0 N–H and O–H groups in total. The number of hydrogen-bond acceptors (Lipinski definition) is 2. The van der Waals surface area contributed by atoms with Gasteiger partial charge in [-0.25, -0.2) is 0 Å². The van der Waals surface area contributed by atoms with Gasteiger partial charge in [-0.2, -0.15) is 0 Å². The maximum Gasteiger partial charge on any atom is 0.306 e. The van der Waals surface area contributed by atoms with Gasteiger partial charge in [-0.3, -0.25) is 4.79 Å². The van der Waals surface area contributed by atoms with E-state index >= 15 is 0 Å². The van der Waals surface area contributed by atoms with Gasteiger partial charge in [-0.15, -0.1) is 0 Å². The standard InChI is InChI=1S/C46H74O2/c1-8-9-10-11-12-13-14-15-16-17-18-19-20-21-22-25-45(47)48-42-31-28-38(5)41(35-42)30-29-40-24-23-34-46(7)43(32-33-44(40)46)39(6)27-26-37(4)36(2)3/h12-13,15-16,26-27,29-30,36-37,39,42-44H,5,8-11,14,17-25,28,31-35H2,1-4,6-7H3/t37-,39+,42-,43+,44?,46+/m0/s1. The summed E-state index contributed by atoms with van der Waals surface area (Å²) in [6, 6.07) is 0. The van der Waals surface area contributed by atoms with Gasteiger partial charge in [0.2, 0.25) is 0 Å². The lowest BCUT2D eigenvalue weighted by atomic mass is 9.61. The lowest BCUT2D eigenvalue weighted by molar-refractivity contribution is -0.149. The van der Waals surface area contributed by atoms with Gasteiger partial charge in [0.05, 0.1) is 0 Å². The van der Waals surface area contributed by atoms with Crippen molar-refractivity contribution in [3.8, 4) is 0 Å². The van der Waals surface area contributed by atoms with E-state index in [0.717, 1.165) is 44.4 Å². The summed E-state index contributed by atoms with van der Waals surface area (Å²) in [5.41, 5.74) is 4.58. The molecule has 3 saturated carbocycles. The molecule has 3 aliphatic rings. The van der Waals surface area contributed by atoms with Crippen LogP contribution in [0.3, 0.4) is 0 Å². The predicted octanol–water partition coefficient (Wildman–Crippen LogP) is 14.0. The molecular weight excluding hydrogens is 585 g/mol. The van der Waals surface area contributed by atoms with Crippen molar-refractivity contribution in [2.24, 2.45) is 35.0 Å². The summed E-state index contributed by atoms with van der Waals surface area (Å²) in [5.74, 6) is 3.43. The largest absolute Gasteiger partial charge is 0.462 e. The molecule has 0 saturated heterocycles. The van der Waals surface area contributed by atoms with Crippen molar-refractivity contribution >= 4 is 5.97 Å². The zero-order valence-electron chi connectivity index (χ0n) is 32.2. The van der Waals surface area contributed by atoms with E-state index in [-0.39, 0.29) is 12.1 Å². The zero-order valence-corrected chi connectivity index (χ0v) is 32.2. The number of esters is 1. The Balaban J connectivity index is 1.38. The molecule has 2 nitrogen and oxygen atoms in total. The van der Waals surface area contributed by atoms with Crippen LogP contribution in [0.4, 0.5) is 0 Å². The SMILES string of the molecule is C=C1CC[C@H](OC(=O)CCCCCCCC=CCC=CCCCCC)CC1=CC=C1CCC[C@@]2(C)C1CC[C@@H]2[C@H](C)C=C[C@H](C)C(C)C. The summed E-state index contributed by atoms with van der Waals surface area (Å²) < 4.78 is 6.00. The first-order valence-corrected chi connectivity index (χ1v) is 20.4. The number of allylic oxidation sites excluding steroid dienone is 10. The molecule has 48 heavy (non-hydrogen) atoms. The third-order valence-electron chi connectivity index (χ3n) is 12.2. The minimum absolute atomic E-state index is 0.000951. The van der Waals surface area contributed by atoms with Crippen molar-refractivity contribution in [2.45, 2.75) is 176 Å². The van der Waals surface area contributed by atoms with Gasteiger partial charge in [0.15, 0.2) is 0 Å². The van der Waals surface area contributed by atoms with Crippen molar-refractivity contribution < 1.29 is 9.53 Å². The van der Waals surface area contributed by atoms with Crippen LogP contribution in [0.15, 0.2) is 71.9 Å². The Bertz CT molecular complexity index is 1110. The number of fused-ring (bicyclic) bond motifs is 1. The number of rotatable bonds is 20. The number of carbonyl (C=O) groups is 1. The molecule has 0 bridgehead atoms. The Labute approximate surface area is 297 Å². The summed E-state index contributed by atoms with van der Waals surface area (Å²) in [6.07, 6.45) is 42.0. The number of unbranched alkanes of at least 4 members (excludes halogenated alkanes) is 8. The second-order valence-electron chi connectivity index (χ2n) is 16.3. The highest BCUT2D eigenvalue weighted by Gasteiger charge is 2.50. The van der Waals surface area contributed by atoms with E-state index in [2.05, 4.69) is 96.7 Å². The smallest absolute Gasteiger partial charge is 0.306 e. The maximum absolute atomic E-state index is 12.7. The molecule has 0 radical (unpaired) electrons. The fraction of sp³-hybridized carbons (Fsp3) is 0.717. The summed E-state index contributed by atoms with van der Waals surface area (Å²) in [7, 11) is 0. The molecule has 0 aromatic rings. The molecule has 1 unspecified atom stereocenters. The van der Waals surface area contributed by atoms with E-state index < -0.39 is 0 Å². The van der Waals surface area contributed by atoms with Crippen LogP contribution in [-0.2, 0) is 9.53 Å². The molecular formula is C46H74O2. The molecule has 0 amide bonds. The van der Waals surface area contributed by atoms with Gasteiger partial charge in [-0.1, -0.05) is 140 Å². The second-order valence-corrected chi connectivity index (χ2v) is 16.3. The number of hydrogen-bond donors (Lipinski definition) is 0. The molecule has 0 aromatic heterocycles. The average Bonchev–Trinajstić information content (AvgIpc) is 3.43. The highest BCUT2D eigenvalue weighted by atomic mass is 16.5. The number of ether oxygens (including phenoxy) is 1. The van der Waals surface area contributed by atoms with E-state index in [1.807, 2.05) is 0 Å². The summed E-state index contributed by atoms with van der Waals surface area (Å²) in [5, 5.41) is 0. The first-order chi connectivity index (χ1) is 23.2. The van der Waals surface area contributed by atoms with Gasteiger partial charge in [-0.05, 0) is 124 Å². The quantitative estimate of drug-likeness (QED) is 0.0739. The van der Waals surface area contributed by atoms with Crippen LogP contribution in [0, 0.1) is 35.0 Å². The average molecular weight is 659 g/mol. The van der Waals surface area contributed by atoms with Gasteiger partial charge in [0, 0.05) is 12.8 Å². The highest BCUT2D eigenvalue weighted by Crippen LogP contribution is 2.59. The lowest BCUT2D eigenvalue weighted by Crippen LogP contribution is -2.35. The van der Waals surface area contributed by atoms with Crippen LogP contribution in [-0.4, -0.2) is 12.1 Å². The molecule has 6 atom stereocenters. The molecule has 2 heteroatoms. The third kappa shape index (κ3) is 13.3. The Kier molecular flexibility index (Phi) is 18.4. The molecule has 3 rings (SSSR count). The molecule has 3 aliphatic carbocycles. The van der Waals surface area contributed by atoms with Crippen LogP contribution in [0.2, 0.25) is 0 Å². The maximum atomic E-state index is 12.7. The molecule has 0 spiro atoms. The monoisotopic (exact) mass is 659 g/mol. The summed E-state index contributed by atoms with van der Waals surface area (Å²) in [6.45, 7) is 18.7. The molecule has 0 heterocycles. The Hall–Kier alpha value is -2.09. The Morgan fingerprint density at radius 2 is 1.58 bits per heavy atom. The summed E-state index contributed by atoms with van der Waals surface area (Å²) >= 11 is 0. The van der Waals surface area contributed by atoms with Crippen LogP contribution in [0.25, 0.3) is 0 Å². The first kappa shape index (κ1) is 40.3. The molecule has 3 fully saturated rings. The lowest BCUT2D eigenvalue weighted by Gasteiger charge is -2.44. The zero-order chi connectivity index (χ0) is 34.8. The number of carbonyl (C=O) groups excluding carboxylic acids is 1. The van der Waals surface area contributed by atoms with Gasteiger partial charge in [0.25, 0.3) is 0 Å². The van der Waals surface area contributed by atoms with Gasteiger partial charge < -0.3 is 4.74 Å². The predicted molar refractivity (Wildman–Crippen MR) is 209 cm³/mol. The van der Waals surface area contributed by atoms with Crippen LogP contribution in [0.1, 0.15) is 170 Å². The molecule has 0 aromatic carbocycles. The fourth-order valence-electron chi connectivity index (χ4n) is 8.66. The van der Waals surface area contributed by atoms with E-state index in [9.17, 15) is 4.79 Å². The van der Waals surface area contributed by atoms with E-state index in [0.29, 0.717) is 35.5 Å². The van der Waals surface area contributed by atoms with Crippen molar-refractivity contribution in [2.75, 3.05) is 0 Å². The van der Waals surface area contributed by atoms with E-state index in [4.69, 9.17) is 4.74 Å². The third-order valence-corrected chi connectivity index (χ3v) is 12.2. The van der Waals surface area contributed by atoms with Crippen molar-refractivity contribution in [1.29, 1.82) is 0 Å². The Morgan fingerprint density at radius 3 is 2.31 bits per heavy atom. The van der Waals surface area contributed by atoms with Gasteiger partial charge >= 0.3 is 5.97 Å². The Morgan fingerprint density at radius 1 is 0.875 bits per heavy atom. The van der Waals surface area contributed by atoms with Crippen LogP contribution >= 0.6 is 0 Å². The minimum Gasteiger partial charge on any atom is -0.462 e. The second kappa shape index (κ2) is 21.9. The van der Waals surface area contributed by atoms with Crippen LogP contribution < -0.4 is 0 Å². The molecule has 270 valence electrons. The topological polar surface area (TPSA) is 26.3 Å². The van der Waals surface area contributed by atoms with Gasteiger partial charge in [0.1, 0.15) is 6.10 Å². The normalized spacial score (nSPS) is 28.0.